The number of nitrogens with zero attached hydrogens (tertiary/aromatic N) is 1. The lowest BCUT2D eigenvalue weighted by atomic mass is 10.2. The fraction of sp³-hybridized carbons (Fsp3) is 0.364. The van der Waals surface area contributed by atoms with Crippen molar-refractivity contribution in [3.05, 3.63) is 33.8 Å². The zero-order valence-electron chi connectivity index (χ0n) is 8.81. The van der Waals surface area contributed by atoms with Crippen molar-refractivity contribution in [3.8, 4) is 0 Å². The number of carbonyl (C=O) groups is 1. The summed E-state index contributed by atoms with van der Waals surface area (Å²) < 4.78 is 0. The van der Waals surface area contributed by atoms with Gasteiger partial charge in [-0.1, -0.05) is 29.3 Å². The van der Waals surface area contributed by atoms with E-state index in [2.05, 4.69) is 0 Å². The van der Waals surface area contributed by atoms with E-state index in [4.69, 9.17) is 23.2 Å². The summed E-state index contributed by atoms with van der Waals surface area (Å²) in [6.07, 6.45) is -1.81. The number of hydrogen-bond donors (Lipinski definition) is 2. The summed E-state index contributed by atoms with van der Waals surface area (Å²) in [7, 11) is 0. The maximum absolute atomic E-state index is 12.1. The third kappa shape index (κ3) is 2.40. The summed E-state index contributed by atoms with van der Waals surface area (Å²) in [6.45, 7) is 0.200. The summed E-state index contributed by atoms with van der Waals surface area (Å²) >= 11 is 11.8. The molecule has 1 fully saturated rings. The van der Waals surface area contributed by atoms with Crippen molar-refractivity contribution >= 4 is 29.1 Å². The van der Waals surface area contributed by atoms with E-state index in [1.54, 1.807) is 18.2 Å². The van der Waals surface area contributed by atoms with E-state index >= 15 is 0 Å². The van der Waals surface area contributed by atoms with Crippen LogP contribution in [0.5, 0.6) is 0 Å². The minimum atomic E-state index is -0.906. The quantitative estimate of drug-likeness (QED) is 0.809. The normalized spacial score (nSPS) is 24.1. The summed E-state index contributed by atoms with van der Waals surface area (Å²) in [5.74, 6) is -0.340. The topological polar surface area (TPSA) is 60.8 Å². The molecule has 1 aromatic rings. The van der Waals surface area contributed by atoms with Crippen molar-refractivity contribution in [1.82, 2.24) is 4.90 Å². The fourth-order valence-electron chi connectivity index (χ4n) is 1.77. The van der Waals surface area contributed by atoms with Gasteiger partial charge in [-0.25, -0.2) is 0 Å². The van der Waals surface area contributed by atoms with Crippen LogP contribution in [-0.4, -0.2) is 46.3 Å². The van der Waals surface area contributed by atoms with Crippen LogP contribution in [0.2, 0.25) is 10.0 Å². The van der Waals surface area contributed by atoms with E-state index < -0.39 is 12.2 Å². The number of aliphatic hydroxyl groups excluding tert-OH is 2. The number of aliphatic hydroxyl groups is 2. The minimum absolute atomic E-state index is 0.100. The highest BCUT2D eigenvalue weighted by atomic mass is 35.5. The second-order valence-corrected chi connectivity index (χ2v) is 4.73. The number of halogens is 2. The summed E-state index contributed by atoms with van der Waals surface area (Å²) in [5, 5.41) is 19.3. The lowest BCUT2D eigenvalue weighted by molar-refractivity contribution is 0.0572. The molecule has 0 spiro atoms. The first kappa shape index (κ1) is 12.6. The van der Waals surface area contributed by atoms with Gasteiger partial charge in [0.05, 0.1) is 27.8 Å². The van der Waals surface area contributed by atoms with Gasteiger partial charge in [-0.3, -0.25) is 4.79 Å². The molecule has 0 unspecified atom stereocenters. The van der Waals surface area contributed by atoms with E-state index in [1.807, 2.05) is 0 Å². The van der Waals surface area contributed by atoms with Crippen LogP contribution in [0.25, 0.3) is 0 Å². The Morgan fingerprint density at radius 2 is 1.82 bits per heavy atom. The van der Waals surface area contributed by atoms with Gasteiger partial charge < -0.3 is 15.1 Å². The Kier molecular flexibility index (Phi) is 3.58. The third-order valence-corrected chi connectivity index (χ3v) is 3.55. The molecular formula is C11H11Cl2NO3. The number of hydrogen-bond acceptors (Lipinski definition) is 3. The van der Waals surface area contributed by atoms with Gasteiger partial charge in [0.15, 0.2) is 0 Å². The molecule has 0 saturated carbocycles. The molecule has 0 bridgehead atoms. The van der Waals surface area contributed by atoms with Crippen LogP contribution < -0.4 is 0 Å². The van der Waals surface area contributed by atoms with Crippen LogP contribution in [0.1, 0.15) is 10.4 Å². The zero-order chi connectivity index (χ0) is 12.6. The smallest absolute Gasteiger partial charge is 0.255 e. The van der Waals surface area contributed by atoms with Crippen LogP contribution >= 0.6 is 23.2 Å². The number of carbonyl (C=O) groups excluding carboxylic acids is 1. The Morgan fingerprint density at radius 3 is 2.41 bits per heavy atom. The van der Waals surface area contributed by atoms with Crippen LogP contribution in [0.4, 0.5) is 0 Å². The van der Waals surface area contributed by atoms with E-state index in [-0.39, 0.29) is 29.6 Å². The zero-order valence-corrected chi connectivity index (χ0v) is 10.3. The van der Waals surface area contributed by atoms with Gasteiger partial charge in [-0.15, -0.1) is 0 Å². The molecule has 2 N–H and O–H groups in total. The number of amides is 1. The van der Waals surface area contributed by atoms with E-state index in [0.29, 0.717) is 5.02 Å². The minimum Gasteiger partial charge on any atom is -0.388 e. The number of β-amino-alcohol motifs (C(OH)–C–C–N with tert-alkyl or cyclic N) is 2. The molecule has 0 aromatic heterocycles. The molecular weight excluding hydrogens is 265 g/mol. The Labute approximate surface area is 108 Å². The molecule has 1 amide bonds. The summed E-state index contributed by atoms with van der Waals surface area (Å²) in [4.78, 5) is 13.4. The molecule has 6 heteroatoms. The fourth-order valence-corrected chi connectivity index (χ4v) is 2.16. The van der Waals surface area contributed by atoms with Crippen molar-refractivity contribution in [2.45, 2.75) is 12.2 Å². The predicted octanol–water partition coefficient (Wildman–Crippen LogP) is 1.17. The largest absolute Gasteiger partial charge is 0.388 e. The van der Waals surface area contributed by atoms with E-state index in [1.165, 1.54) is 4.90 Å². The van der Waals surface area contributed by atoms with Crippen molar-refractivity contribution in [1.29, 1.82) is 0 Å². The maximum atomic E-state index is 12.1. The molecule has 1 saturated heterocycles. The maximum Gasteiger partial charge on any atom is 0.255 e. The van der Waals surface area contributed by atoms with Gasteiger partial charge >= 0.3 is 0 Å². The van der Waals surface area contributed by atoms with Gasteiger partial charge in [-0.2, -0.15) is 0 Å². The highest BCUT2D eigenvalue weighted by Gasteiger charge is 2.33. The first-order chi connectivity index (χ1) is 8.00. The molecule has 1 aliphatic rings. The van der Waals surface area contributed by atoms with Crippen LogP contribution in [0.15, 0.2) is 18.2 Å². The molecule has 17 heavy (non-hydrogen) atoms. The number of likely N-dealkylation sites (tertiary alicyclic amines) is 1. The molecule has 2 atom stereocenters. The first-order valence-corrected chi connectivity index (χ1v) is 5.85. The Bertz CT molecular complexity index is 442. The summed E-state index contributed by atoms with van der Waals surface area (Å²) in [6, 6.07) is 4.78. The molecule has 92 valence electrons. The highest BCUT2D eigenvalue weighted by molar-refractivity contribution is 6.43. The van der Waals surface area contributed by atoms with Crippen LogP contribution in [0.3, 0.4) is 0 Å². The average molecular weight is 276 g/mol. The SMILES string of the molecule is O=C(c1cccc(Cl)c1Cl)N1C[C@@H](O)[C@@H](O)C1. The molecule has 1 heterocycles. The monoisotopic (exact) mass is 275 g/mol. The Hall–Kier alpha value is -0.810. The van der Waals surface area contributed by atoms with Gasteiger partial charge in [-0.05, 0) is 12.1 Å². The van der Waals surface area contributed by atoms with E-state index in [9.17, 15) is 15.0 Å². The molecule has 1 aromatic carbocycles. The van der Waals surface area contributed by atoms with Gasteiger partial charge in [0, 0.05) is 13.1 Å². The molecule has 0 radical (unpaired) electrons. The standard InChI is InChI=1S/C11H11Cl2NO3/c12-7-3-1-2-6(10(7)13)11(17)14-4-8(15)9(16)5-14/h1-3,8-9,15-16H,4-5H2/t8-,9+. The van der Waals surface area contributed by atoms with Crippen molar-refractivity contribution in [3.63, 3.8) is 0 Å². The van der Waals surface area contributed by atoms with E-state index in [0.717, 1.165) is 0 Å². The van der Waals surface area contributed by atoms with Gasteiger partial charge in [0.1, 0.15) is 0 Å². The first-order valence-electron chi connectivity index (χ1n) is 5.10. The lowest BCUT2D eigenvalue weighted by Gasteiger charge is -2.16. The predicted molar refractivity (Wildman–Crippen MR) is 64.4 cm³/mol. The summed E-state index contributed by atoms with van der Waals surface area (Å²) in [5.41, 5.74) is 0.278. The van der Waals surface area contributed by atoms with Gasteiger partial charge in [0.2, 0.25) is 0 Å². The second-order valence-electron chi connectivity index (χ2n) is 3.95. The van der Waals surface area contributed by atoms with Crippen molar-refractivity contribution in [2.75, 3.05) is 13.1 Å². The Morgan fingerprint density at radius 1 is 1.24 bits per heavy atom. The van der Waals surface area contributed by atoms with Crippen molar-refractivity contribution in [2.24, 2.45) is 0 Å². The average Bonchev–Trinajstić information content (AvgIpc) is 2.62. The third-order valence-electron chi connectivity index (χ3n) is 2.73. The molecule has 0 aliphatic carbocycles. The van der Waals surface area contributed by atoms with Gasteiger partial charge in [0.25, 0.3) is 5.91 Å². The lowest BCUT2D eigenvalue weighted by Crippen LogP contribution is -2.30. The second kappa shape index (κ2) is 4.82. The number of benzene rings is 1. The molecule has 4 nitrogen and oxygen atoms in total. The molecule has 1 aliphatic heterocycles. The van der Waals surface area contributed by atoms with Crippen LogP contribution in [-0.2, 0) is 0 Å². The number of rotatable bonds is 1. The van der Waals surface area contributed by atoms with Crippen LogP contribution in [0, 0.1) is 0 Å². The highest BCUT2D eigenvalue weighted by Crippen LogP contribution is 2.27. The van der Waals surface area contributed by atoms with Crippen molar-refractivity contribution < 1.29 is 15.0 Å². The Balaban J connectivity index is 2.24. The molecule has 2 rings (SSSR count).